The summed E-state index contributed by atoms with van der Waals surface area (Å²) in [5.41, 5.74) is 0.0266. The minimum Gasteiger partial charge on any atom is -0.406 e. The van der Waals surface area contributed by atoms with Crippen molar-refractivity contribution in [3.63, 3.8) is 0 Å². The van der Waals surface area contributed by atoms with E-state index in [1.807, 2.05) is 0 Å². The maximum atomic E-state index is 13.0. The lowest BCUT2D eigenvalue weighted by atomic mass is 10.2. The van der Waals surface area contributed by atoms with Gasteiger partial charge in [0, 0.05) is 18.2 Å². The fourth-order valence-electron chi connectivity index (χ4n) is 1.90. The monoisotopic (exact) mass is 310 g/mol. The normalized spacial score (nSPS) is 21.1. The number of anilines is 1. The van der Waals surface area contributed by atoms with Crippen LogP contribution in [0.1, 0.15) is 6.42 Å². The van der Waals surface area contributed by atoms with Gasteiger partial charge in [-0.2, -0.15) is 0 Å². The molecule has 1 saturated heterocycles. The van der Waals surface area contributed by atoms with Gasteiger partial charge >= 0.3 is 6.36 Å². The van der Waals surface area contributed by atoms with Crippen LogP contribution in [0, 0.1) is 0 Å². The van der Waals surface area contributed by atoms with Crippen molar-refractivity contribution in [3.8, 4) is 5.75 Å². The zero-order valence-electron chi connectivity index (χ0n) is 10.5. The molecule has 0 spiro atoms. The van der Waals surface area contributed by atoms with E-state index in [9.17, 15) is 26.7 Å². The number of ether oxygens (including phenoxy) is 1. The average molecular weight is 310 g/mol. The van der Waals surface area contributed by atoms with Crippen molar-refractivity contribution in [2.75, 3.05) is 11.9 Å². The second kappa shape index (κ2) is 5.47. The average Bonchev–Trinajstić information content (AvgIpc) is 2.68. The van der Waals surface area contributed by atoms with E-state index in [0.29, 0.717) is 0 Å². The van der Waals surface area contributed by atoms with E-state index >= 15 is 0 Å². The van der Waals surface area contributed by atoms with Gasteiger partial charge in [-0.05, 0) is 12.1 Å². The van der Waals surface area contributed by atoms with Gasteiger partial charge < -0.3 is 10.1 Å². The third-order valence-corrected chi connectivity index (χ3v) is 2.76. The molecule has 1 aromatic carbocycles. The van der Waals surface area contributed by atoms with Crippen LogP contribution in [-0.2, 0) is 4.79 Å². The Labute approximate surface area is 116 Å². The standard InChI is InChI=1S/C12H11F5N2O2/c13-11(14)5-9(18-6-11)10(20)19-7-2-1-3-8(4-7)21-12(15,16)17/h1-4,9,18H,5-6H2,(H,19,20)/t9-/m0/s1. The van der Waals surface area contributed by atoms with Crippen molar-refractivity contribution in [1.82, 2.24) is 5.32 Å². The summed E-state index contributed by atoms with van der Waals surface area (Å²) < 4.78 is 65.8. The van der Waals surface area contributed by atoms with Crippen molar-refractivity contribution in [3.05, 3.63) is 24.3 Å². The number of rotatable bonds is 3. The minimum absolute atomic E-state index is 0.0266. The first-order valence-electron chi connectivity index (χ1n) is 5.92. The van der Waals surface area contributed by atoms with E-state index in [-0.39, 0.29) is 5.69 Å². The number of alkyl halides is 5. The number of nitrogens with one attached hydrogen (secondary N) is 2. The molecule has 0 unspecified atom stereocenters. The molecule has 1 fully saturated rings. The molecule has 0 saturated carbocycles. The number of halogens is 5. The first-order valence-corrected chi connectivity index (χ1v) is 5.92. The molecule has 0 radical (unpaired) electrons. The Hall–Kier alpha value is -1.90. The van der Waals surface area contributed by atoms with Crippen LogP contribution < -0.4 is 15.4 Å². The van der Waals surface area contributed by atoms with Crippen LogP contribution in [0.2, 0.25) is 0 Å². The fraction of sp³-hybridized carbons (Fsp3) is 0.417. The van der Waals surface area contributed by atoms with Crippen molar-refractivity contribution >= 4 is 11.6 Å². The molecule has 1 aromatic rings. The zero-order valence-corrected chi connectivity index (χ0v) is 10.5. The van der Waals surface area contributed by atoms with Gasteiger partial charge in [0.15, 0.2) is 0 Å². The van der Waals surface area contributed by atoms with Crippen molar-refractivity contribution in [2.45, 2.75) is 24.7 Å². The maximum absolute atomic E-state index is 13.0. The number of hydrogen-bond acceptors (Lipinski definition) is 3. The molecule has 1 aliphatic heterocycles. The van der Waals surface area contributed by atoms with Crippen LogP contribution in [0.4, 0.5) is 27.6 Å². The fourth-order valence-corrected chi connectivity index (χ4v) is 1.90. The van der Waals surface area contributed by atoms with E-state index in [2.05, 4.69) is 15.4 Å². The van der Waals surface area contributed by atoms with Gasteiger partial charge in [-0.1, -0.05) is 6.07 Å². The first-order chi connectivity index (χ1) is 9.65. The van der Waals surface area contributed by atoms with E-state index in [0.717, 1.165) is 12.1 Å². The molecule has 1 atom stereocenters. The van der Waals surface area contributed by atoms with Crippen LogP contribution in [-0.4, -0.2) is 30.8 Å². The Bertz CT molecular complexity index is 533. The smallest absolute Gasteiger partial charge is 0.406 e. The molecule has 21 heavy (non-hydrogen) atoms. The maximum Gasteiger partial charge on any atom is 0.573 e. The molecule has 0 aliphatic carbocycles. The van der Waals surface area contributed by atoms with Crippen molar-refractivity contribution in [2.24, 2.45) is 0 Å². The predicted octanol–water partition coefficient (Wildman–Crippen LogP) is 2.52. The third kappa shape index (κ3) is 4.55. The number of carbonyl (C=O) groups excluding carboxylic acids is 1. The molecule has 9 heteroatoms. The highest BCUT2D eigenvalue weighted by atomic mass is 19.4. The second-order valence-electron chi connectivity index (χ2n) is 4.56. The summed E-state index contributed by atoms with van der Waals surface area (Å²) in [7, 11) is 0. The Kier molecular flexibility index (Phi) is 4.04. The van der Waals surface area contributed by atoms with Crippen LogP contribution in [0.15, 0.2) is 24.3 Å². The number of hydrogen-bond donors (Lipinski definition) is 2. The molecule has 1 aliphatic rings. The molecule has 1 amide bonds. The molecule has 0 bridgehead atoms. The van der Waals surface area contributed by atoms with Gasteiger partial charge in [-0.25, -0.2) is 8.78 Å². The summed E-state index contributed by atoms with van der Waals surface area (Å²) in [4.78, 5) is 11.7. The topological polar surface area (TPSA) is 50.4 Å². The molecule has 4 nitrogen and oxygen atoms in total. The van der Waals surface area contributed by atoms with Gasteiger partial charge in [0.05, 0.1) is 12.6 Å². The lowest BCUT2D eigenvalue weighted by molar-refractivity contribution is -0.274. The van der Waals surface area contributed by atoms with Gasteiger partial charge in [0.25, 0.3) is 5.92 Å². The van der Waals surface area contributed by atoms with Crippen LogP contribution >= 0.6 is 0 Å². The predicted molar refractivity (Wildman–Crippen MR) is 63.1 cm³/mol. The lowest BCUT2D eigenvalue weighted by Crippen LogP contribution is -2.35. The second-order valence-corrected chi connectivity index (χ2v) is 4.56. The van der Waals surface area contributed by atoms with Crippen molar-refractivity contribution in [1.29, 1.82) is 0 Å². The van der Waals surface area contributed by atoms with Crippen LogP contribution in [0.25, 0.3) is 0 Å². The summed E-state index contributed by atoms with van der Waals surface area (Å²) in [6.07, 6.45) is -5.50. The summed E-state index contributed by atoms with van der Waals surface area (Å²) in [6, 6.07) is 3.50. The number of benzene rings is 1. The quantitative estimate of drug-likeness (QED) is 0.844. The largest absolute Gasteiger partial charge is 0.573 e. The summed E-state index contributed by atoms with van der Waals surface area (Å²) in [5, 5.41) is 4.61. The summed E-state index contributed by atoms with van der Waals surface area (Å²) in [6.45, 7) is -0.609. The van der Waals surface area contributed by atoms with Gasteiger partial charge in [0.2, 0.25) is 5.91 Å². The molecule has 116 valence electrons. The highest BCUT2D eigenvalue weighted by Crippen LogP contribution is 2.27. The molecule has 2 N–H and O–H groups in total. The van der Waals surface area contributed by atoms with Crippen LogP contribution in [0.3, 0.4) is 0 Å². The van der Waals surface area contributed by atoms with Gasteiger partial charge in [-0.15, -0.1) is 13.2 Å². The molecular weight excluding hydrogens is 299 g/mol. The molecule has 2 rings (SSSR count). The molecule has 0 aromatic heterocycles. The highest BCUT2D eigenvalue weighted by Gasteiger charge is 2.42. The lowest BCUT2D eigenvalue weighted by Gasteiger charge is -2.13. The van der Waals surface area contributed by atoms with E-state index in [4.69, 9.17) is 0 Å². The van der Waals surface area contributed by atoms with Gasteiger partial charge in [-0.3, -0.25) is 10.1 Å². The Morgan fingerprint density at radius 1 is 1.38 bits per heavy atom. The van der Waals surface area contributed by atoms with E-state index in [1.54, 1.807) is 0 Å². The minimum atomic E-state index is -4.85. The summed E-state index contributed by atoms with van der Waals surface area (Å²) in [5.74, 6) is -4.22. The highest BCUT2D eigenvalue weighted by molar-refractivity contribution is 5.95. The zero-order chi connectivity index (χ0) is 15.7. The molecule has 1 heterocycles. The number of amides is 1. The SMILES string of the molecule is O=C(Nc1cccc(OC(F)(F)F)c1)[C@@H]1CC(F)(F)CN1. The Morgan fingerprint density at radius 3 is 2.67 bits per heavy atom. The Morgan fingerprint density at radius 2 is 2.10 bits per heavy atom. The number of carbonyl (C=O) groups is 1. The Balaban J connectivity index is 2.00. The van der Waals surface area contributed by atoms with Gasteiger partial charge in [0.1, 0.15) is 5.75 Å². The van der Waals surface area contributed by atoms with Crippen molar-refractivity contribution < 1.29 is 31.5 Å². The summed E-state index contributed by atoms with van der Waals surface area (Å²) >= 11 is 0. The first kappa shape index (κ1) is 15.5. The molecular formula is C12H11F5N2O2. The third-order valence-electron chi connectivity index (χ3n) is 2.76. The van der Waals surface area contributed by atoms with E-state index < -0.39 is 42.9 Å². The van der Waals surface area contributed by atoms with Crippen LogP contribution in [0.5, 0.6) is 5.75 Å². The van der Waals surface area contributed by atoms with E-state index in [1.165, 1.54) is 12.1 Å².